The molecule has 1 atom stereocenters. The summed E-state index contributed by atoms with van der Waals surface area (Å²) in [4.78, 5) is 42.2. The number of nitrogens with one attached hydrogen (secondary N) is 1. The number of amides is 1. The monoisotopic (exact) mass is 304 g/mol. The molecule has 21 heavy (non-hydrogen) atoms. The molecule has 0 aliphatic carbocycles. The molecule has 0 aliphatic heterocycles. The van der Waals surface area contributed by atoms with Gasteiger partial charge in [-0.15, -0.1) is 0 Å². The number of carbonyl (C=O) groups is 3. The van der Waals surface area contributed by atoms with Gasteiger partial charge in [-0.3, -0.25) is 10.1 Å². The van der Waals surface area contributed by atoms with Crippen molar-refractivity contribution in [1.29, 1.82) is 0 Å². The Morgan fingerprint density at radius 2 is 1.95 bits per heavy atom. The zero-order valence-electron chi connectivity index (χ0n) is 12.0. The van der Waals surface area contributed by atoms with Crippen LogP contribution in [0.2, 0.25) is 0 Å². The summed E-state index contributed by atoms with van der Waals surface area (Å²) in [7, 11) is 0. The van der Waals surface area contributed by atoms with Crippen molar-refractivity contribution in [3.63, 3.8) is 0 Å². The zero-order valence-corrected chi connectivity index (χ0v) is 12.0. The van der Waals surface area contributed by atoms with E-state index in [2.05, 4.69) is 16.4 Å². The van der Waals surface area contributed by atoms with Gasteiger partial charge in [-0.2, -0.15) is 0 Å². The lowest BCUT2D eigenvalue weighted by Gasteiger charge is -2.25. The van der Waals surface area contributed by atoms with E-state index in [1.807, 2.05) is 12.2 Å². The van der Waals surface area contributed by atoms with Crippen molar-refractivity contribution < 1.29 is 34.0 Å². The number of aliphatic hydroxyl groups is 1. The molecule has 0 bridgehead atoms. The largest absolute Gasteiger partial charge is 0.437 e. The Morgan fingerprint density at radius 3 is 2.43 bits per heavy atom. The number of carbonyl (C=O) groups excluding carboxylic acids is 3. The molecule has 0 heterocycles. The van der Waals surface area contributed by atoms with Crippen LogP contribution in [0.5, 0.6) is 0 Å². The van der Waals surface area contributed by atoms with Crippen LogP contribution in [-0.2, 0) is 28.9 Å². The summed E-state index contributed by atoms with van der Waals surface area (Å²) in [6.07, 6.45) is 1.24. The maximum Gasteiger partial charge on any atom is 0.437 e. The van der Waals surface area contributed by atoms with Crippen LogP contribution < -0.4 is 11.1 Å². The zero-order chi connectivity index (χ0) is 16.5. The highest BCUT2D eigenvalue weighted by atomic mass is 17.2. The SMILES string of the molecule is C=C(C)C(=O)OOC(=O)C(O)(NC(=O)CN)OCCCC. The molecule has 0 saturated carbocycles. The van der Waals surface area contributed by atoms with Gasteiger partial charge < -0.3 is 15.6 Å². The average Bonchev–Trinajstić information content (AvgIpc) is 2.44. The van der Waals surface area contributed by atoms with Crippen molar-refractivity contribution >= 4 is 17.8 Å². The first-order valence-corrected chi connectivity index (χ1v) is 6.23. The highest BCUT2D eigenvalue weighted by Crippen LogP contribution is 2.09. The van der Waals surface area contributed by atoms with Gasteiger partial charge in [-0.05, 0) is 13.3 Å². The average molecular weight is 304 g/mol. The first kappa shape index (κ1) is 19.0. The minimum atomic E-state index is -2.79. The lowest BCUT2D eigenvalue weighted by molar-refractivity contribution is -0.298. The topological polar surface area (TPSA) is 137 Å². The van der Waals surface area contributed by atoms with Crippen LogP contribution in [-0.4, -0.2) is 42.0 Å². The molecule has 9 heteroatoms. The van der Waals surface area contributed by atoms with Crippen LogP contribution in [0.1, 0.15) is 26.7 Å². The molecule has 0 aliphatic rings. The summed E-state index contributed by atoms with van der Waals surface area (Å²) in [6.45, 7) is 5.93. The second-order valence-electron chi connectivity index (χ2n) is 4.12. The van der Waals surface area contributed by atoms with Gasteiger partial charge in [0.15, 0.2) is 0 Å². The normalized spacial score (nSPS) is 13.0. The Bertz CT molecular complexity index is 410. The van der Waals surface area contributed by atoms with E-state index in [9.17, 15) is 19.5 Å². The summed E-state index contributed by atoms with van der Waals surface area (Å²) in [5.74, 6) is -6.18. The van der Waals surface area contributed by atoms with E-state index < -0.39 is 30.3 Å². The van der Waals surface area contributed by atoms with E-state index in [-0.39, 0.29) is 12.2 Å². The van der Waals surface area contributed by atoms with Crippen molar-refractivity contribution in [2.24, 2.45) is 5.73 Å². The lowest BCUT2D eigenvalue weighted by atomic mass is 10.3. The summed E-state index contributed by atoms with van der Waals surface area (Å²) >= 11 is 0. The number of hydrogen-bond acceptors (Lipinski definition) is 8. The highest BCUT2D eigenvalue weighted by Gasteiger charge is 2.43. The van der Waals surface area contributed by atoms with E-state index >= 15 is 0 Å². The Balaban J connectivity index is 4.75. The van der Waals surface area contributed by atoms with Gasteiger partial charge in [0.1, 0.15) is 0 Å². The third-order valence-electron chi connectivity index (χ3n) is 2.12. The van der Waals surface area contributed by atoms with Crippen LogP contribution in [0, 0.1) is 0 Å². The molecule has 0 radical (unpaired) electrons. The van der Waals surface area contributed by atoms with E-state index in [1.165, 1.54) is 6.92 Å². The molecule has 0 saturated heterocycles. The fourth-order valence-electron chi connectivity index (χ4n) is 0.954. The maximum atomic E-state index is 11.7. The van der Waals surface area contributed by atoms with Crippen molar-refractivity contribution in [2.75, 3.05) is 13.2 Å². The van der Waals surface area contributed by atoms with Gasteiger partial charge in [-0.1, -0.05) is 19.9 Å². The molecule has 1 amide bonds. The van der Waals surface area contributed by atoms with E-state index in [4.69, 9.17) is 10.5 Å². The third-order valence-corrected chi connectivity index (χ3v) is 2.12. The minimum absolute atomic E-state index is 0.0239. The Morgan fingerprint density at radius 1 is 1.33 bits per heavy atom. The highest BCUT2D eigenvalue weighted by molar-refractivity contribution is 5.88. The third kappa shape index (κ3) is 6.84. The fraction of sp³-hybridized carbons (Fsp3) is 0.583. The number of nitrogens with two attached hydrogens (primary N) is 1. The van der Waals surface area contributed by atoms with Crippen molar-refractivity contribution in [2.45, 2.75) is 32.6 Å². The molecule has 0 aromatic heterocycles. The van der Waals surface area contributed by atoms with Crippen LogP contribution in [0.3, 0.4) is 0 Å². The first-order valence-electron chi connectivity index (χ1n) is 6.23. The van der Waals surface area contributed by atoms with Gasteiger partial charge in [0.25, 0.3) is 0 Å². The second kappa shape index (κ2) is 9.06. The van der Waals surface area contributed by atoms with Crippen LogP contribution in [0.15, 0.2) is 12.2 Å². The molecule has 1 unspecified atom stereocenters. The summed E-state index contributed by atoms with van der Waals surface area (Å²) in [6, 6.07) is 0. The second-order valence-corrected chi connectivity index (χ2v) is 4.12. The molecule has 4 N–H and O–H groups in total. The Kier molecular flexibility index (Phi) is 8.21. The predicted molar refractivity (Wildman–Crippen MR) is 70.0 cm³/mol. The molecule has 0 rings (SSSR count). The van der Waals surface area contributed by atoms with Crippen molar-refractivity contribution in [1.82, 2.24) is 5.32 Å². The molecule has 0 aromatic rings. The van der Waals surface area contributed by atoms with E-state index in [0.29, 0.717) is 6.42 Å². The van der Waals surface area contributed by atoms with Gasteiger partial charge in [-0.25, -0.2) is 19.4 Å². The predicted octanol–water partition coefficient (Wildman–Crippen LogP) is -0.898. The molecule has 0 fully saturated rings. The van der Waals surface area contributed by atoms with Crippen LogP contribution in [0.25, 0.3) is 0 Å². The minimum Gasteiger partial charge on any atom is -0.340 e. The number of hydrogen-bond donors (Lipinski definition) is 3. The first-order chi connectivity index (χ1) is 9.76. The van der Waals surface area contributed by atoms with Gasteiger partial charge in [0.2, 0.25) is 5.91 Å². The summed E-state index contributed by atoms with van der Waals surface area (Å²) < 4.78 is 4.88. The van der Waals surface area contributed by atoms with Gasteiger partial charge in [0.05, 0.1) is 13.2 Å². The quantitative estimate of drug-likeness (QED) is 0.172. The fourth-order valence-corrected chi connectivity index (χ4v) is 0.954. The number of ether oxygens (including phenoxy) is 1. The van der Waals surface area contributed by atoms with Crippen LogP contribution in [0.4, 0.5) is 0 Å². The van der Waals surface area contributed by atoms with Gasteiger partial charge in [0, 0.05) is 5.57 Å². The standard InChI is InChI=1S/C12H20N2O7/c1-4-5-6-19-12(18,14-9(15)7-13)11(17)21-20-10(16)8(2)3/h18H,2,4-7,13H2,1,3H3,(H,14,15). The Hall–Kier alpha value is -1.97. The lowest BCUT2D eigenvalue weighted by Crippen LogP contribution is -2.58. The van der Waals surface area contributed by atoms with E-state index in [0.717, 1.165) is 6.42 Å². The molecular formula is C12H20N2O7. The molecule has 0 aromatic carbocycles. The molecular weight excluding hydrogens is 284 g/mol. The summed E-state index contributed by atoms with van der Waals surface area (Å²) in [5, 5.41) is 11.8. The maximum absolute atomic E-state index is 11.7. The van der Waals surface area contributed by atoms with E-state index in [1.54, 1.807) is 0 Å². The van der Waals surface area contributed by atoms with Crippen molar-refractivity contribution in [3.8, 4) is 0 Å². The molecule has 0 spiro atoms. The molecule has 120 valence electrons. The van der Waals surface area contributed by atoms with Crippen molar-refractivity contribution in [3.05, 3.63) is 12.2 Å². The van der Waals surface area contributed by atoms with Crippen LogP contribution >= 0.6 is 0 Å². The molecule has 9 nitrogen and oxygen atoms in total. The smallest absolute Gasteiger partial charge is 0.340 e. The number of rotatable bonds is 8. The van der Waals surface area contributed by atoms with Gasteiger partial charge >= 0.3 is 17.8 Å². The number of unbranched alkanes of at least 4 members (excludes halogenated alkanes) is 1. The summed E-state index contributed by atoms with van der Waals surface area (Å²) in [5.41, 5.74) is 5.04. The Labute approximate surface area is 122 Å².